The van der Waals surface area contributed by atoms with Crippen molar-refractivity contribution in [1.29, 1.82) is 0 Å². The van der Waals surface area contributed by atoms with E-state index in [1.54, 1.807) is 13.8 Å². The molecule has 0 aliphatic rings. The molecular formula is C7H14N2O3. The number of carboxylic acid groups (broad SMARTS) is 1. The van der Waals surface area contributed by atoms with E-state index in [1.807, 2.05) is 0 Å². The average molecular weight is 174 g/mol. The Labute approximate surface area is 70.7 Å². The van der Waals surface area contributed by atoms with Gasteiger partial charge in [0.1, 0.15) is 6.04 Å². The van der Waals surface area contributed by atoms with Gasteiger partial charge in [0.25, 0.3) is 0 Å². The van der Waals surface area contributed by atoms with Crippen molar-refractivity contribution in [2.75, 3.05) is 0 Å². The smallest absolute Gasteiger partial charge is 0.321 e. The minimum absolute atomic E-state index is 0.0273. The number of primary amides is 1. The van der Waals surface area contributed by atoms with Crippen molar-refractivity contribution in [3.8, 4) is 0 Å². The van der Waals surface area contributed by atoms with Gasteiger partial charge in [-0.15, -0.1) is 0 Å². The second kappa shape index (κ2) is 3.53. The normalized spacial score (nSPS) is 13.9. The molecule has 0 aliphatic carbocycles. The van der Waals surface area contributed by atoms with Gasteiger partial charge in [0, 0.05) is 6.42 Å². The highest BCUT2D eigenvalue weighted by Gasteiger charge is 2.33. The Morgan fingerprint density at radius 3 is 2.17 bits per heavy atom. The van der Waals surface area contributed by atoms with Gasteiger partial charge in [-0.3, -0.25) is 9.59 Å². The fourth-order valence-corrected chi connectivity index (χ4v) is 0.893. The Kier molecular flexibility index (Phi) is 3.21. The lowest BCUT2D eigenvalue weighted by molar-refractivity contribution is -0.141. The lowest BCUT2D eigenvalue weighted by atomic mass is 9.81. The van der Waals surface area contributed by atoms with Crippen LogP contribution in [0.25, 0.3) is 0 Å². The number of hydrogen-bond donors (Lipinski definition) is 3. The summed E-state index contributed by atoms with van der Waals surface area (Å²) in [7, 11) is 0. The largest absolute Gasteiger partial charge is 0.480 e. The first-order valence-corrected chi connectivity index (χ1v) is 3.54. The van der Waals surface area contributed by atoms with E-state index in [2.05, 4.69) is 0 Å². The number of carbonyl (C=O) groups excluding carboxylic acids is 1. The molecule has 5 heteroatoms. The summed E-state index contributed by atoms with van der Waals surface area (Å²) < 4.78 is 0. The molecule has 70 valence electrons. The molecule has 12 heavy (non-hydrogen) atoms. The highest BCUT2D eigenvalue weighted by atomic mass is 16.4. The Hall–Kier alpha value is -1.10. The van der Waals surface area contributed by atoms with Crippen molar-refractivity contribution in [1.82, 2.24) is 0 Å². The summed E-state index contributed by atoms with van der Waals surface area (Å²) in [6, 6.07) is -1.06. The number of hydrogen-bond acceptors (Lipinski definition) is 3. The van der Waals surface area contributed by atoms with Crippen LogP contribution < -0.4 is 11.5 Å². The summed E-state index contributed by atoms with van der Waals surface area (Å²) in [5.74, 6) is -1.67. The zero-order chi connectivity index (χ0) is 9.94. The Balaban J connectivity index is 4.38. The summed E-state index contributed by atoms with van der Waals surface area (Å²) in [6.07, 6.45) is -0.0273. The van der Waals surface area contributed by atoms with Crippen LogP contribution in [0.15, 0.2) is 0 Å². The number of carboxylic acids is 1. The highest BCUT2D eigenvalue weighted by molar-refractivity contribution is 5.78. The molecule has 1 amide bonds. The second-order valence-electron chi connectivity index (χ2n) is 3.45. The van der Waals surface area contributed by atoms with Gasteiger partial charge in [0.2, 0.25) is 5.91 Å². The standard InChI is InChI=1S/C7H14N2O3/c1-7(2,3-4(8)10)5(9)6(11)12/h5H,3,9H2,1-2H3,(H2,8,10)(H,11,12)/t5-/m1/s1. The first-order valence-electron chi connectivity index (χ1n) is 3.54. The fourth-order valence-electron chi connectivity index (χ4n) is 0.893. The molecule has 0 radical (unpaired) electrons. The third-order valence-corrected chi connectivity index (χ3v) is 1.74. The molecule has 5 N–H and O–H groups in total. The number of carbonyl (C=O) groups is 2. The van der Waals surface area contributed by atoms with Gasteiger partial charge in [0.15, 0.2) is 0 Å². The van der Waals surface area contributed by atoms with Crippen molar-refractivity contribution in [3.05, 3.63) is 0 Å². The molecule has 0 bridgehead atoms. The Morgan fingerprint density at radius 2 is 1.92 bits per heavy atom. The highest BCUT2D eigenvalue weighted by Crippen LogP contribution is 2.23. The zero-order valence-corrected chi connectivity index (χ0v) is 7.20. The lowest BCUT2D eigenvalue weighted by Gasteiger charge is -2.26. The van der Waals surface area contributed by atoms with Crippen LogP contribution in [0.2, 0.25) is 0 Å². The molecule has 0 rings (SSSR count). The average Bonchev–Trinajstić information content (AvgIpc) is 1.82. The van der Waals surface area contributed by atoms with Gasteiger partial charge in [-0.2, -0.15) is 0 Å². The van der Waals surface area contributed by atoms with Gasteiger partial charge in [0.05, 0.1) is 0 Å². The summed E-state index contributed by atoms with van der Waals surface area (Å²) in [5, 5.41) is 8.55. The van der Waals surface area contributed by atoms with Gasteiger partial charge in [-0.25, -0.2) is 0 Å². The maximum atomic E-state index is 10.5. The van der Waals surface area contributed by atoms with Crippen LogP contribution in [-0.2, 0) is 9.59 Å². The fraction of sp³-hybridized carbons (Fsp3) is 0.714. The molecule has 0 fully saturated rings. The van der Waals surface area contributed by atoms with Gasteiger partial charge < -0.3 is 16.6 Å². The second-order valence-corrected chi connectivity index (χ2v) is 3.45. The molecule has 0 aromatic heterocycles. The van der Waals surface area contributed by atoms with Crippen molar-refractivity contribution < 1.29 is 14.7 Å². The van der Waals surface area contributed by atoms with E-state index in [9.17, 15) is 9.59 Å². The lowest BCUT2D eigenvalue weighted by Crippen LogP contribution is -2.45. The van der Waals surface area contributed by atoms with E-state index in [1.165, 1.54) is 0 Å². The van der Waals surface area contributed by atoms with Crippen molar-refractivity contribution >= 4 is 11.9 Å². The molecule has 0 saturated carbocycles. The Morgan fingerprint density at radius 1 is 1.50 bits per heavy atom. The summed E-state index contributed by atoms with van der Waals surface area (Å²) in [4.78, 5) is 21.0. The molecule has 0 saturated heterocycles. The molecule has 1 atom stereocenters. The third kappa shape index (κ3) is 2.87. The number of rotatable bonds is 4. The van der Waals surface area contributed by atoms with Crippen LogP contribution in [0, 0.1) is 5.41 Å². The van der Waals surface area contributed by atoms with Crippen LogP contribution in [-0.4, -0.2) is 23.0 Å². The van der Waals surface area contributed by atoms with E-state index in [0.717, 1.165) is 0 Å². The third-order valence-electron chi connectivity index (χ3n) is 1.74. The SMILES string of the molecule is CC(C)(CC(N)=O)[C@H](N)C(=O)O. The predicted octanol–water partition coefficient (Wildman–Crippen LogP) is -0.700. The Bertz CT molecular complexity index is 201. The monoisotopic (exact) mass is 174 g/mol. The van der Waals surface area contributed by atoms with E-state index < -0.39 is 23.3 Å². The van der Waals surface area contributed by atoms with Crippen molar-refractivity contribution in [2.45, 2.75) is 26.3 Å². The molecule has 0 heterocycles. The van der Waals surface area contributed by atoms with Crippen LogP contribution in [0.5, 0.6) is 0 Å². The number of aliphatic carboxylic acids is 1. The predicted molar refractivity (Wildman–Crippen MR) is 43.2 cm³/mol. The van der Waals surface area contributed by atoms with E-state index >= 15 is 0 Å². The maximum Gasteiger partial charge on any atom is 0.321 e. The summed E-state index contributed by atoms with van der Waals surface area (Å²) >= 11 is 0. The topological polar surface area (TPSA) is 106 Å². The first kappa shape index (κ1) is 10.9. The van der Waals surface area contributed by atoms with Crippen molar-refractivity contribution in [3.63, 3.8) is 0 Å². The number of amides is 1. The molecule has 0 aromatic rings. The minimum atomic E-state index is -1.12. The van der Waals surface area contributed by atoms with Gasteiger partial charge in [-0.1, -0.05) is 13.8 Å². The van der Waals surface area contributed by atoms with Gasteiger partial charge >= 0.3 is 5.97 Å². The molecule has 5 nitrogen and oxygen atoms in total. The van der Waals surface area contributed by atoms with E-state index in [0.29, 0.717) is 0 Å². The molecule has 0 aromatic carbocycles. The summed E-state index contributed by atoms with van der Waals surface area (Å²) in [5.41, 5.74) is 9.47. The minimum Gasteiger partial charge on any atom is -0.480 e. The van der Waals surface area contributed by atoms with Crippen LogP contribution >= 0.6 is 0 Å². The van der Waals surface area contributed by atoms with Gasteiger partial charge in [-0.05, 0) is 5.41 Å². The van der Waals surface area contributed by atoms with E-state index in [-0.39, 0.29) is 6.42 Å². The maximum absolute atomic E-state index is 10.5. The molecular weight excluding hydrogens is 160 g/mol. The number of nitrogens with two attached hydrogens (primary N) is 2. The van der Waals surface area contributed by atoms with Crippen molar-refractivity contribution in [2.24, 2.45) is 16.9 Å². The molecule has 0 unspecified atom stereocenters. The first-order chi connectivity index (χ1) is 5.27. The van der Waals surface area contributed by atoms with E-state index in [4.69, 9.17) is 16.6 Å². The van der Waals surface area contributed by atoms with Crippen LogP contribution in [0.4, 0.5) is 0 Å². The molecule has 0 spiro atoms. The summed E-state index contributed by atoms with van der Waals surface area (Å²) in [6.45, 7) is 3.19. The van der Waals surface area contributed by atoms with Crippen LogP contribution in [0.1, 0.15) is 20.3 Å². The van der Waals surface area contributed by atoms with Crippen LogP contribution in [0.3, 0.4) is 0 Å². The quantitative estimate of drug-likeness (QED) is 0.523. The molecule has 0 aliphatic heterocycles. The zero-order valence-electron chi connectivity index (χ0n) is 7.20.